The Kier molecular flexibility index (Phi) is 5.88. The lowest BCUT2D eigenvalue weighted by atomic mass is 10.2. The summed E-state index contributed by atoms with van der Waals surface area (Å²) in [6.07, 6.45) is 0.00513. The van der Waals surface area contributed by atoms with Crippen LogP contribution in [0.2, 0.25) is 5.02 Å². The molecule has 7 nitrogen and oxygen atoms in total. The number of nitrogens with zero attached hydrogens (tertiary/aromatic N) is 1. The maximum atomic E-state index is 12.1. The van der Waals surface area contributed by atoms with Gasteiger partial charge in [0.25, 0.3) is 5.91 Å². The monoisotopic (exact) mass is 366 g/mol. The molecule has 0 saturated heterocycles. The van der Waals surface area contributed by atoms with Crippen LogP contribution in [0, 0.1) is 0 Å². The van der Waals surface area contributed by atoms with Crippen LogP contribution in [-0.2, 0) is 16.0 Å². The number of rotatable bonds is 6. The van der Waals surface area contributed by atoms with E-state index in [9.17, 15) is 14.4 Å². The molecule has 1 aromatic carbocycles. The van der Waals surface area contributed by atoms with Crippen LogP contribution in [0.1, 0.15) is 23.0 Å². The van der Waals surface area contributed by atoms with E-state index in [0.29, 0.717) is 15.8 Å². The summed E-state index contributed by atoms with van der Waals surface area (Å²) >= 11 is 7.12. The number of carbonyl (C=O) groups is 3. The van der Waals surface area contributed by atoms with E-state index in [1.807, 2.05) is 0 Å². The molecule has 126 valence electrons. The summed E-state index contributed by atoms with van der Waals surface area (Å²) in [6, 6.07) is 5.76. The second-order valence-corrected chi connectivity index (χ2v) is 6.22. The molecule has 0 aliphatic rings. The fraction of sp³-hybridized carbons (Fsp3) is 0.200. The summed E-state index contributed by atoms with van der Waals surface area (Å²) in [5.74, 6) is -1.38. The first-order chi connectivity index (χ1) is 11.4. The van der Waals surface area contributed by atoms with Gasteiger partial charge in [0.05, 0.1) is 22.7 Å². The summed E-state index contributed by atoms with van der Waals surface area (Å²) in [6.45, 7) is 1.54. The number of aromatic nitrogens is 1. The summed E-state index contributed by atoms with van der Waals surface area (Å²) in [7, 11) is 0. The summed E-state index contributed by atoms with van der Waals surface area (Å²) in [5, 5.41) is 7.40. The molecule has 2 aromatic rings. The molecule has 1 heterocycles. The fourth-order valence-corrected chi connectivity index (χ4v) is 2.76. The molecule has 4 N–H and O–H groups in total. The fourth-order valence-electron chi connectivity index (χ4n) is 1.82. The third kappa shape index (κ3) is 4.77. The Labute approximate surface area is 147 Å². The Morgan fingerprint density at radius 1 is 1.33 bits per heavy atom. The van der Waals surface area contributed by atoms with Gasteiger partial charge in [-0.3, -0.25) is 14.4 Å². The number of amides is 3. The number of hydrogen-bond acceptors (Lipinski definition) is 5. The van der Waals surface area contributed by atoms with Gasteiger partial charge >= 0.3 is 0 Å². The van der Waals surface area contributed by atoms with Gasteiger partial charge in [-0.2, -0.15) is 0 Å². The number of halogens is 1. The normalized spacial score (nSPS) is 11.6. The zero-order valence-corrected chi connectivity index (χ0v) is 14.3. The zero-order chi connectivity index (χ0) is 17.7. The lowest BCUT2D eigenvalue weighted by Gasteiger charge is -2.13. The number of hydrogen-bond donors (Lipinski definition) is 3. The molecular formula is C15H15ClN4O3S. The van der Waals surface area contributed by atoms with E-state index in [4.69, 9.17) is 17.3 Å². The lowest BCUT2D eigenvalue weighted by Crippen LogP contribution is -2.41. The minimum atomic E-state index is -0.794. The van der Waals surface area contributed by atoms with Gasteiger partial charge in [0.15, 0.2) is 5.13 Å². The third-order valence-corrected chi connectivity index (χ3v) is 4.13. The van der Waals surface area contributed by atoms with Gasteiger partial charge in [0, 0.05) is 5.38 Å². The van der Waals surface area contributed by atoms with Crippen LogP contribution in [0.3, 0.4) is 0 Å². The van der Waals surface area contributed by atoms with Crippen LogP contribution < -0.4 is 16.4 Å². The zero-order valence-electron chi connectivity index (χ0n) is 12.7. The van der Waals surface area contributed by atoms with Gasteiger partial charge in [0.1, 0.15) is 6.04 Å². The molecule has 0 aliphatic heterocycles. The molecule has 9 heteroatoms. The molecular weight excluding hydrogens is 352 g/mol. The maximum absolute atomic E-state index is 12.1. The maximum Gasteiger partial charge on any atom is 0.253 e. The highest BCUT2D eigenvalue weighted by atomic mass is 35.5. The molecule has 0 spiro atoms. The SMILES string of the molecule is C[C@H](NC(=O)c1ccccc1Cl)C(=O)Nc1nc(CC(N)=O)cs1. The van der Waals surface area contributed by atoms with Crippen molar-refractivity contribution >= 4 is 45.8 Å². The number of thiazole rings is 1. The minimum absolute atomic E-state index is 0.00513. The average molecular weight is 367 g/mol. The van der Waals surface area contributed by atoms with Crippen LogP contribution in [0.15, 0.2) is 29.6 Å². The van der Waals surface area contributed by atoms with E-state index in [-0.39, 0.29) is 12.0 Å². The van der Waals surface area contributed by atoms with Gasteiger partial charge < -0.3 is 16.4 Å². The van der Waals surface area contributed by atoms with E-state index < -0.39 is 23.8 Å². The van der Waals surface area contributed by atoms with E-state index in [0.717, 1.165) is 0 Å². The van der Waals surface area contributed by atoms with Crippen molar-refractivity contribution in [2.24, 2.45) is 5.73 Å². The predicted octanol–water partition coefficient (Wildman–Crippen LogP) is 1.58. The van der Waals surface area contributed by atoms with E-state index >= 15 is 0 Å². The molecule has 1 aromatic heterocycles. The summed E-state index contributed by atoms with van der Waals surface area (Å²) in [5.41, 5.74) is 5.86. The molecule has 0 saturated carbocycles. The van der Waals surface area contributed by atoms with Crippen molar-refractivity contribution < 1.29 is 14.4 Å². The number of benzene rings is 1. The highest BCUT2D eigenvalue weighted by Gasteiger charge is 2.19. The molecule has 0 fully saturated rings. The summed E-state index contributed by atoms with van der Waals surface area (Å²) < 4.78 is 0. The first-order valence-corrected chi connectivity index (χ1v) is 8.21. The smallest absolute Gasteiger partial charge is 0.253 e. The van der Waals surface area contributed by atoms with E-state index in [1.54, 1.807) is 36.6 Å². The third-order valence-electron chi connectivity index (χ3n) is 3.00. The van der Waals surface area contributed by atoms with Gasteiger partial charge in [-0.15, -0.1) is 11.3 Å². The predicted molar refractivity (Wildman–Crippen MR) is 92.0 cm³/mol. The topological polar surface area (TPSA) is 114 Å². The van der Waals surface area contributed by atoms with Crippen molar-refractivity contribution in [2.45, 2.75) is 19.4 Å². The Hall–Kier alpha value is -2.45. The van der Waals surface area contributed by atoms with Crippen LogP contribution in [0.4, 0.5) is 5.13 Å². The Balaban J connectivity index is 1.95. The quantitative estimate of drug-likeness (QED) is 0.720. The molecule has 0 unspecified atom stereocenters. The number of anilines is 1. The standard InChI is InChI=1S/C15H15ClN4O3S/c1-8(18-14(23)10-4-2-3-5-11(10)16)13(22)20-15-19-9(7-24-15)6-12(17)21/h2-5,7-8H,6H2,1H3,(H2,17,21)(H,18,23)(H,19,20,22)/t8-/m0/s1. The molecule has 0 bridgehead atoms. The number of primary amides is 1. The van der Waals surface area contributed by atoms with Gasteiger partial charge in [0.2, 0.25) is 11.8 Å². The van der Waals surface area contributed by atoms with Crippen LogP contribution in [0.25, 0.3) is 0 Å². The Morgan fingerprint density at radius 3 is 2.71 bits per heavy atom. The molecule has 0 radical (unpaired) electrons. The average Bonchev–Trinajstić information content (AvgIpc) is 2.93. The minimum Gasteiger partial charge on any atom is -0.369 e. The van der Waals surface area contributed by atoms with Gasteiger partial charge in [-0.1, -0.05) is 23.7 Å². The van der Waals surface area contributed by atoms with Crippen molar-refractivity contribution in [3.05, 3.63) is 45.9 Å². The van der Waals surface area contributed by atoms with Crippen molar-refractivity contribution in [1.29, 1.82) is 0 Å². The van der Waals surface area contributed by atoms with E-state index in [1.165, 1.54) is 11.3 Å². The van der Waals surface area contributed by atoms with Gasteiger partial charge in [-0.25, -0.2) is 4.98 Å². The van der Waals surface area contributed by atoms with Crippen molar-refractivity contribution in [1.82, 2.24) is 10.3 Å². The largest absolute Gasteiger partial charge is 0.369 e. The molecule has 2 rings (SSSR count). The van der Waals surface area contributed by atoms with Gasteiger partial charge in [-0.05, 0) is 19.1 Å². The number of nitrogens with two attached hydrogens (primary N) is 1. The number of nitrogens with one attached hydrogen (secondary N) is 2. The Morgan fingerprint density at radius 2 is 2.04 bits per heavy atom. The highest BCUT2D eigenvalue weighted by Crippen LogP contribution is 2.17. The summed E-state index contributed by atoms with van der Waals surface area (Å²) in [4.78, 5) is 39.1. The Bertz CT molecular complexity index is 778. The van der Waals surface area contributed by atoms with Crippen LogP contribution >= 0.6 is 22.9 Å². The first-order valence-electron chi connectivity index (χ1n) is 6.95. The van der Waals surface area contributed by atoms with E-state index in [2.05, 4.69) is 15.6 Å². The lowest BCUT2D eigenvalue weighted by molar-refractivity contribution is -0.118. The molecule has 3 amide bonds. The molecule has 0 aliphatic carbocycles. The van der Waals surface area contributed by atoms with Crippen molar-refractivity contribution in [3.63, 3.8) is 0 Å². The van der Waals surface area contributed by atoms with Crippen molar-refractivity contribution in [2.75, 3.05) is 5.32 Å². The first kappa shape index (κ1) is 17.9. The van der Waals surface area contributed by atoms with Crippen LogP contribution in [-0.4, -0.2) is 28.7 Å². The van der Waals surface area contributed by atoms with Crippen LogP contribution in [0.5, 0.6) is 0 Å². The second-order valence-electron chi connectivity index (χ2n) is 4.95. The second kappa shape index (κ2) is 7.89. The molecule has 24 heavy (non-hydrogen) atoms. The van der Waals surface area contributed by atoms with Crippen molar-refractivity contribution in [3.8, 4) is 0 Å². The number of carbonyl (C=O) groups excluding carboxylic acids is 3. The highest BCUT2D eigenvalue weighted by molar-refractivity contribution is 7.13. The molecule has 1 atom stereocenters.